The second-order valence-corrected chi connectivity index (χ2v) is 7.80. The highest BCUT2D eigenvalue weighted by Gasteiger charge is 2.28. The number of carbonyl (C=O) groups is 2. The molecule has 0 atom stereocenters. The van der Waals surface area contributed by atoms with Gasteiger partial charge in [-0.25, -0.2) is 32.7 Å². The number of nitrogens with zero attached hydrogens (tertiary/aromatic N) is 2. The standard InChI is InChI=1S/C18H22N4O7S/c1-11-9-12(2)20-17(19-11)21-18(25)22-30(26,27)15-13(10-29-8-7-28-3)5-4-6-14(15)16(23)24/h4-6,9H,7-8,10H2,1-3H3,(H,23,24)(H2,19,20,21,22,25). The minimum Gasteiger partial charge on any atom is -0.478 e. The smallest absolute Gasteiger partial charge is 0.337 e. The Kier molecular flexibility index (Phi) is 7.80. The van der Waals surface area contributed by atoms with Crippen LogP contribution in [0, 0.1) is 13.8 Å². The Balaban J connectivity index is 2.30. The van der Waals surface area contributed by atoms with Crippen LogP contribution in [0.3, 0.4) is 0 Å². The van der Waals surface area contributed by atoms with Crippen LogP contribution >= 0.6 is 0 Å². The molecule has 2 rings (SSSR count). The monoisotopic (exact) mass is 438 g/mol. The minimum atomic E-state index is -4.56. The predicted octanol–water partition coefficient (Wildman–Crippen LogP) is 1.47. The molecule has 162 valence electrons. The number of carboxylic acids is 1. The predicted molar refractivity (Wildman–Crippen MR) is 106 cm³/mol. The van der Waals surface area contributed by atoms with E-state index in [1.807, 2.05) is 0 Å². The van der Waals surface area contributed by atoms with Gasteiger partial charge in [0.05, 0.1) is 25.4 Å². The molecule has 0 spiro atoms. The summed E-state index contributed by atoms with van der Waals surface area (Å²) in [5.74, 6) is -1.55. The van der Waals surface area contributed by atoms with E-state index in [0.717, 1.165) is 6.07 Å². The number of anilines is 1. The number of amides is 2. The van der Waals surface area contributed by atoms with Crippen molar-refractivity contribution >= 4 is 28.0 Å². The summed E-state index contributed by atoms with van der Waals surface area (Å²) in [5.41, 5.74) is 0.736. The minimum absolute atomic E-state index is 0.0777. The lowest BCUT2D eigenvalue weighted by atomic mass is 10.1. The summed E-state index contributed by atoms with van der Waals surface area (Å²) in [6.45, 7) is 3.63. The molecule has 0 aliphatic heterocycles. The Hall–Kier alpha value is -3.09. The van der Waals surface area contributed by atoms with Crippen molar-refractivity contribution in [2.45, 2.75) is 25.3 Å². The topological polar surface area (TPSA) is 157 Å². The lowest BCUT2D eigenvalue weighted by molar-refractivity contribution is 0.0602. The molecule has 2 amide bonds. The third kappa shape index (κ3) is 6.20. The second-order valence-electron chi connectivity index (χ2n) is 6.18. The molecule has 0 bridgehead atoms. The van der Waals surface area contributed by atoms with Gasteiger partial charge in [0.25, 0.3) is 10.0 Å². The summed E-state index contributed by atoms with van der Waals surface area (Å²) in [6.07, 6.45) is 0. The molecule has 1 aromatic heterocycles. The number of hydrogen-bond acceptors (Lipinski definition) is 8. The van der Waals surface area contributed by atoms with E-state index in [-0.39, 0.29) is 31.3 Å². The maximum atomic E-state index is 12.8. The Morgan fingerprint density at radius 3 is 2.40 bits per heavy atom. The molecule has 2 aromatic rings. The van der Waals surface area contributed by atoms with E-state index in [9.17, 15) is 23.1 Å². The molecule has 0 saturated heterocycles. The number of carboxylic acid groups (broad SMARTS) is 1. The largest absolute Gasteiger partial charge is 0.478 e. The number of aryl methyl sites for hydroxylation is 2. The number of rotatable bonds is 9. The van der Waals surface area contributed by atoms with E-state index in [0.29, 0.717) is 11.4 Å². The number of nitrogens with one attached hydrogen (secondary N) is 2. The number of aromatic nitrogens is 2. The number of urea groups is 1. The maximum Gasteiger partial charge on any atom is 0.337 e. The molecule has 0 fully saturated rings. The Morgan fingerprint density at radius 2 is 1.80 bits per heavy atom. The molecule has 0 radical (unpaired) electrons. The first kappa shape index (κ1) is 23.2. The molecule has 3 N–H and O–H groups in total. The van der Waals surface area contributed by atoms with E-state index in [2.05, 4.69) is 15.3 Å². The van der Waals surface area contributed by atoms with Crippen molar-refractivity contribution in [1.82, 2.24) is 14.7 Å². The number of hydrogen-bond donors (Lipinski definition) is 3. The van der Waals surface area contributed by atoms with Gasteiger partial charge in [-0.3, -0.25) is 5.32 Å². The Morgan fingerprint density at radius 1 is 1.13 bits per heavy atom. The molecule has 0 aliphatic rings. The first-order valence-corrected chi connectivity index (χ1v) is 10.2. The van der Waals surface area contributed by atoms with Crippen molar-refractivity contribution in [2.75, 3.05) is 25.6 Å². The van der Waals surface area contributed by atoms with Gasteiger partial charge in [-0.2, -0.15) is 0 Å². The lowest BCUT2D eigenvalue weighted by Gasteiger charge is -2.14. The molecule has 11 nitrogen and oxygen atoms in total. The van der Waals surface area contributed by atoms with Gasteiger partial charge in [-0.1, -0.05) is 12.1 Å². The van der Waals surface area contributed by atoms with Crippen LogP contribution in [0.25, 0.3) is 0 Å². The molecule has 1 aromatic carbocycles. The first-order chi connectivity index (χ1) is 14.1. The molecular formula is C18H22N4O7S. The number of carbonyl (C=O) groups excluding carboxylic acids is 1. The average molecular weight is 438 g/mol. The van der Waals surface area contributed by atoms with Crippen LogP contribution < -0.4 is 10.0 Å². The van der Waals surface area contributed by atoms with Crippen molar-refractivity contribution in [3.63, 3.8) is 0 Å². The third-order valence-corrected chi connectivity index (χ3v) is 5.19. The maximum absolute atomic E-state index is 12.8. The van der Waals surface area contributed by atoms with Gasteiger partial charge >= 0.3 is 12.0 Å². The Bertz CT molecular complexity index is 1020. The van der Waals surface area contributed by atoms with E-state index >= 15 is 0 Å². The van der Waals surface area contributed by atoms with E-state index in [1.165, 1.54) is 19.2 Å². The second kappa shape index (κ2) is 10.1. The summed E-state index contributed by atoms with van der Waals surface area (Å²) in [5, 5.41) is 11.7. The fourth-order valence-corrected chi connectivity index (χ4v) is 3.90. The fraction of sp³-hybridized carbons (Fsp3) is 0.333. The molecule has 30 heavy (non-hydrogen) atoms. The summed E-state index contributed by atoms with van der Waals surface area (Å²) in [7, 11) is -3.08. The van der Waals surface area contributed by atoms with E-state index in [4.69, 9.17) is 9.47 Å². The van der Waals surface area contributed by atoms with Gasteiger partial charge in [0.2, 0.25) is 5.95 Å². The van der Waals surface area contributed by atoms with Gasteiger partial charge in [0.1, 0.15) is 4.90 Å². The summed E-state index contributed by atoms with van der Waals surface area (Å²) in [4.78, 5) is 31.2. The highest BCUT2D eigenvalue weighted by atomic mass is 32.2. The third-order valence-electron chi connectivity index (χ3n) is 3.72. The zero-order chi connectivity index (χ0) is 22.3. The quantitative estimate of drug-likeness (QED) is 0.493. The molecule has 0 unspecified atom stereocenters. The molecule has 12 heteroatoms. The van der Waals surface area contributed by atoms with Crippen molar-refractivity contribution in [3.05, 3.63) is 46.8 Å². The van der Waals surface area contributed by atoms with Gasteiger partial charge in [0.15, 0.2) is 0 Å². The van der Waals surface area contributed by atoms with Crippen molar-refractivity contribution in [1.29, 1.82) is 0 Å². The summed E-state index contributed by atoms with van der Waals surface area (Å²) >= 11 is 0. The normalized spacial score (nSPS) is 11.2. The van der Waals surface area contributed by atoms with Gasteiger partial charge in [0, 0.05) is 18.5 Å². The van der Waals surface area contributed by atoms with Crippen LogP contribution in [0.15, 0.2) is 29.2 Å². The SMILES string of the molecule is COCCOCc1cccc(C(=O)O)c1S(=O)(=O)NC(=O)Nc1nc(C)cc(C)n1. The van der Waals surface area contributed by atoms with Crippen molar-refractivity contribution < 1.29 is 32.6 Å². The van der Waals surface area contributed by atoms with Gasteiger partial charge in [-0.15, -0.1) is 0 Å². The Labute approximate surface area is 173 Å². The summed E-state index contributed by atoms with van der Waals surface area (Å²) in [6, 6.07) is 4.46. The van der Waals surface area contributed by atoms with Crippen LogP contribution in [0.5, 0.6) is 0 Å². The average Bonchev–Trinajstić information content (AvgIpc) is 2.63. The lowest BCUT2D eigenvalue weighted by Crippen LogP contribution is -2.36. The zero-order valence-corrected chi connectivity index (χ0v) is 17.4. The van der Waals surface area contributed by atoms with Gasteiger partial charge in [-0.05, 0) is 31.5 Å². The number of benzene rings is 1. The highest BCUT2D eigenvalue weighted by Crippen LogP contribution is 2.22. The number of methoxy groups -OCH3 is 1. The van der Waals surface area contributed by atoms with Crippen molar-refractivity contribution in [3.8, 4) is 0 Å². The van der Waals surface area contributed by atoms with E-state index in [1.54, 1.807) is 24.6 Å². The van der Waals surface area contributed by atoms with Crippen molar-refractivity contribution in [2.24, 2.45) is 0 Å². The molecular weight excluding hydrogens is 416 g/mol. The number of aromatic carboxylic acids is 1. The molecule has 0 aliphatic carbocycles. The van der Waals surface area contributed by atoms with Crippen LogP contribution in [0.2, 0.25) is 0 Å². The van der Waals surface area contributed by atoms with Crippen LogP contribution in [-0.4, -0.2) is 55.8 Å². The van der Waals surface area contributed by atoms with E-state index < -0.39 is 32.5 Å². The first-order valence-electron chi connectivity index (χ1n) is 8.72. The highest BCUT2D eigenvalue weighted by molar-refractivity contribution is 7.90. The number of ether oxygens (including phenoxy) is 2. The zero-order valence-electron chi connectivity index (χ0n) is 16.6. The van der Waals surface area contributed by atoms with Crippen LogP contribution in [-0.2, 0) is 26.1 Å². The molecule has 0 saturated carbocycles. The number of sulfonamides is 1. The fourth-order valence-electron chi connectivity index (χ4n) is 2.59. The van der Waals surface area contributed by atoms with Crippen LogP contribution in [0.4, 0.5) is 10.7 Å². The molecule has 1 heterocycles. The van der Waals surface area contributed by atoms with Crippen LogP contribution in [0.1, 0.15) is 27.3 Å². The summed E-state index contributed by atoms with van der Waals surface area (Å²) < 4.78 is 37.7. The van der Waals surface area contributed by atoms with Gasteiger partial charge < -0.3 is 14.6 Å².